The number of rotatable bonds is 8. The van der Waals surface area contributed by atoms with Crippen molar-refractivity contribution in [2.45, 2.75) is 26.1 Å². The van der Waals surface area contributed by atoms with Gasteiger partial charge in [0.25, 0.3) is 0 Å². The van der Waals surface area contributed by atoms with Gasteiger partial charge in [-0.05, 0) is 30.5 Å². The van der Waals surface area contributed by atoms with Gasteiger partial charge in [-0.2, -0.15) is 0 Å². The maximum absolute atomic E-state index is 12.6. The Labute approximate surface area is 160 Å². The molecule has 3 rings (SSSR count). The molecule has 1 atom stereocenters. The maximum Gasteiger partial charge on any atom is 0.248 e. The van der Waals surface area contributed by atoms with Crippen LogP contribution >= 0.6 is 0 Å². The Morgan fingerprint density at radius 1 is 1.15 bits per heavy atom. The van der Waals surface area contributed by atoms with E-state index in [1.165, 1.54) is 4.31 Å². The third kappa shape index (κ3) is 4.87. The standard InChI is InChI=1S/C20H24N2O4S/c1-16(26-15-17-7-3-2-4-8-17)20(23)21-12-14-27(24,25)22-13-11-18-9-5-6-10-19(18)22/h2-10,16H,11-15H2,1H3,(H,21,23)/t16-/m0/s1. The van der Waals surface area contributed by atoms with Crippen molar-refractivity contribution in [3.05, 3.63) is 65.7 Å². The van der Waals surface area contributed by atoms with E-state index in [0.29, 0.717) is 19.6 Å². The Bertz CT molecular complexity index is 884. The van der Waals surface area contributed by atoms with Gasteiger partial charge in [0.15, 0.2) is 0 Å². The highest BCUT2D eigenvalue weighted by molar-refractivity contribution is 7.92. The van der Waals surface area contributed by atoms with Crippen LogP contribution in [-0.2, 0) is 32.6 Å². The highest BCUT2D eigenvalue weighted by Crippen LogP contribution is 2.29. The lowest BCUT2D eigenvalue weighted by molar-refractivity contribution is -0.132. The van der Waals surface area contributed by atoms with Crippen molar-refractivity contribution in [3.8, 4) is 0 Å². The normalized spacial score (nSPS) is 14.6. The first-order valence-corrected chi connectivity index (χ1v) is 10.6. The van der Waals surface area contributed by atoms with E-state index in [9.17, 15) is 13.2 Å². The summed E-state index contributed by atoms with van der Waals surface area (Å²) < 4.78 is 32.2. The number of fused-ring (bicyclic) bond motifs is 1. The highest BCUT2D eigenvalue weighted by atomic mass is 32.2. The molecule has 1 amide bonds. The zero-order chi connectivity index (χ0) is 19.3. The quantitative estimate of drug-likeness (QED) is 0.751. The summed E-state index contributed by atoms with van der Waals surface area (Å²) in [6.45, 7) is 2.49. The summed E-state index contributed by atoms with van der Waals surface area (Å²) in [6, 6.07) is 17.1. The number of hydrogen-bond acceptors (Lipinski definition) is 4. The molecular formula is C20H24N2O4S. The SMILES string of the molecule is C[C@H](OCc1ccccc1)C(=O)NCCS(=O)(=O)N1CCc2ccccc21. The van der Waals surface area contributed by atoms with Crippen LogP contribution in [0.15, 0.2) is 54.6 Å². The Hall–Kier alpha value is -2.38. The molecule has 1 N–H and O–H groups in total. The molecule has 0 spiro atoms. The second kappa shape index (κ2) is 8.54. The van der Waals surface area contributed by atoms with Crippen LogP contribution in [0.4, 0.5) is 5.69 Å². The minimum atomic E-state index is -3.47. The van der Waals surface area contributed by atoms with Crippen molar-refractivity contribution in [1.82, 2.24) is 5.32 Å². The van der Waals surface area contributed by atoms with Crippen LogP contribution < -0.4 is 9.62 Å². The van der Waals surface area contributed by atoms with Gasteiger partial charge in [-0.15, -0.1) is 0 Å². The number of para-hydroxylation sites is 1. The summed E-state index contributed by atoms with van der Waals surface area (Å²) >= 11 is 0. The fourth-order valence-electron chi connectivity index (χ4n) is 3.03. The molecule has 1 heterocycles. The number of anilines is 1. The molecule has 0 saturated carbocycles. The van der Waals surface area contributed by atoms with Crippen molar-refractivity contribution in [2.75, 3.05) is 23.1 Å². The largest absolute Gasteiger partial charge is 0.364 e. The average Bonchev–Trinajstić information content (AvgIpc) is 3.12. The molecule has 1 aliphatic rings. The lowest BCUT2D eigenvalue weighted by atomic mass is 10.2. The Morgan fingerprint density at radius 2 is 1.85 bits per heavy atom. The second-order valence-electron chi connectivity index (χ2n) is 6.50. The van der Waals surface area contributed by atoms with E-state index in [2.05, 4.69) is 5.32 Å². The molecule has 2 aromatic carbocycles. The Kier molecular flexibility index (Phi) is 6.13. The smallest absolute Gasteiger partial charge is 0.248 e. The molecule has 27 heavy (non-hydrogen) atoms. The van der Waals surface area contributed by atoms with Gasteiger partial charge in [0.05, 0.1) is 18.0 Å². The molecule has 0 aromatic heterocycles. The van der Waals surface area contributed by atoms with Gasteiger partial charge in [0.1, 0.15) is 6.10 Å². The van der Waals surface area contributed by atoms with E-state index < -0.39 is 16.1 Å². The molecule has 0 saturated heterocycles. The first-order valence-electron chi connectivity index (χ1n) is 8.99. The van der Waals surface area contributed by atoms with Crippen molar-refractivity contribution in [1.29, 1.82) is 0 Å². The number of hydrogen-bond donors (Lipinski definition) is 1. The monoisotopic (exact) mass is 388 g/mol. The van der Waals surface area contributed by atoms with Crippen LogP contribution in [0.3, 0.4) is 0 Å². The number of carbonyl (C=O) groups is 1. The van der Waals surface area contributed by atoms with Gasteiger partial charge < -0.3 is 10.1 Å². The molecule has 7 heteroatoms. The molecular weight excluding hydrogens is 364 g/mol. The van der Waals surface area contributed by atoms with Gasteiger partial charge in [-0.1, -0.05) is 48.5 Å². The fraction of sp³-hybridized carbons (Fsp3) is 0.350. The zero-order valence-corrected chi connectivity index (χ0v) is 16.1. The molecule has 0 aliphatic carbocycles. The van der Waals surface area contributed by atoms with Crippen LogP contribution in [0, 0.1) is 0 Å². The number of ether oxygens (including phenoxy) is 1. The van der Waals surface area contributed by atoms with Gasteiger partial charge in [0, 0.05) is 13.1 Å². The minimum Gasteiger partial charge on any atom is -0.364 e. The lowest BCUT2D eigenvalue weighted by Gasteiger charge is -2.20. The van der Waals surface area contributed by atoms with Crippen LogP contribution in [0.5, 0.6) is 0 Å². The number of carbonyl (C=O) groups excluding carboxylic acids is 1. The van der Waals surface area contributed by atoms with E-state index in [-0.39, 0.29) is 18.2 Å². The predicted octanol–water partition coefficient (Wildman–Crippen LogP) is 2.10. The van der Waals surface area contributed by atoms with E-state index in [4.69, 9.17) is 4.74 Å². The number of nitrogens with one attached hydrogen (secondary N) is 1. The summed E-state index contributed by atoms with van der Waals surface area (Å²) in [7, 11) is -3.47. The molecule has 6 nitrogen and oxygen atoms in total. The van der Waals surface area contributed by atoms with Crippen molar-refractivity contribution in [3.63, 3.8) is 0 Å². The number of amides is 1. The third-order valence-electron chi connectivity index (χ3n) is 4.55. The van der Waals surface area contributed by atoms with Crippen LogP contribution in [0.1, 0.15) is 18.1 Å². The number of nitrogens with zero attached hydrogens (tertiary/aromatic N) is 1. The van der Waals surface area contributed by atoms with Crippen LogP contribution in [-0.4, -0.2) is 39.3 Å². The lowest BCUT2D eigenvalue weighted by Crippen LogP contribution is -2.40. The minimum absolute atomic E-state index is 0.0544. The first kappa shape index (κ1) is 19.4. The summed E-state index contributed by atoms with van der Waals surface area (Å²) in [5.74, 6) is -0.457. The highest BCUT2D eigenvalue weighted by Gasteiger charge is 2.28. The topological polar surface area (TPSA) is 75.7 Å². The van der Waals surface area contributed by atoms with Gasteiger partial charge in [-0.3, -0.25) is 9.10 Å². The molecule has 2 aromatic rings. The van der Waals surface area contributed by atoms with Crippen LogP contribution in [0.2, 0.25) is 0 Å². The molecule has 0 radical (unpaired) electrons. The molecule has 144 valence electrons. The van der Waals surface area contributed by atoms with Crippen LogP contribution in [0.25, 0.3) is 0 Å². The number of sulfonamides is 1. The van der Waals surface area contributed by atoms with Gasteiger partial charge in [-0.25, -0.2) is 8.42 Å². The summed E-state index contributed by atoms with van der Waals surface area (Å²) in [6.07, 6.45) is 0.0620. The Morgan fingerprint density at radius 3 is 2.63 bits per heavy atom. The van der Waals surface area contributed by atoms with E-state index >= 15 is 0 Å². The molecule has 1 aliphatic heterocycles. The second-order valence-corrected chi connectivity index (χ2v) is 8.51. The molecule has 0 unspecified atom stereocenters. The fourth-order valence-corrected chi connectivity index (χ4v) is 4.45. The van der Waals surface area contributed by atoms with Gasteiger partial charge >= 0.3 is 0 Å². The predicted molar refractivity (Wildman–Crippen MR) is 105 cm³/mol. The van der Waals surface area contributed by atoms with Gasteiger partial charge in [0.2, 0.25) is 15.9 Å². The Balaban J connectivity index is 1.46. The summed E-state index contributed by atoms with van der Waals surface area (Å²) in [4.78, 5) is 12.1. The molecule has 0 bridgehead atoms. The average molecular weight is 388 g/mol. The maximum atomic E-state index is 12.6. The van der Waals surface area contributed by atoms with Crippen molar-refractivity contribution >= 4 is 21.6 Å². The van der Waals surface area contributed by atoms with Crippen molar-refractivity contribution < 1.29 is 17.9 Å². The van der Waals surface area contributed by atoms with E-state index in [1.54, 1.807) is 6.92 Å². The van der Waals surface area contributed by atoms with Crippen molar-refractivity contribution in [2.24, 2.45) is 0 Å². The summed E-state index contributed by atoms with van der Waals surface area (Å²) in [5, 5.41) is 2.65. The zero-order valence-electron chi connectivity index (χ0n) is 15.3. The first-order chi connectivity index (χ1) is 13.0. The number of benzene rings is 2. The third-order valence-corrected chi connectivity index (χ3v) is 6.32. The summed E-state index contributed by atoms with van der Waals surface area (Å²) in [5.41, 5.74) is 2.75. The van der Waals surface area contributed by atoms with E-state index in [0.717, 1.165) is 16.8 Å². The van der Waals surface area contributed by atoms with E-state index in [1.807, 2.05) is 54.6 Å². The molecule has 0 fully saturated rings.